The average molecular weight is 264 g/mol. The number of fused-ring (bicyclic) bond motifs is 2. The SMILES string of the molecule is COC(=O)c1cc(N2CC3CCC2C3)c(F)cc1N. The van der Waals surface area contributed by atoms with E-state index >= 15 is 0 Å². The molecule has 1 saturated carbocycles. The van der Waals surface area contributed by atoms with E-state index in [0.717, 1.165) is 19.4 Å². The lowest BCUT2D eigenvalue weighted by Gasteiger charge is -2.30. The van der Waals surface area contributed by atoms with Gasteiger partial charge in [-0.05, 0) is 37.3 Å². The van der Waals surface area contributed by atoms with Crippen molar-refractivity contribution in [2.45, 2.75) is 25.3 Å². The summed E-state index contributed by atoms with van der Waals surface area (Å²) in [6.07, 6.45) is 3.45. The van der Waals surface area contributed by atoms with Gasteiger partial charge in [-0.25, -0.2) is 9.18 Å². The second-order valence-electron chi connectivity index (χ2n) is 5.37. The maximum Gasteiger partial charge on any atom is 0.340 e. The van der Waals surface area contributed by atoms with Crippen molar-refractivity contribution in [1.82, 2.24) is 0 Å². The zero-order chi connectivity index (χ0) is 13.6. The number of rotatable bonds is 2. The summed E-state index contributed by atoms with van der Waals surface area (Å²) in [5, 5.41) is 0. The van der Waals surface area contributed by atoms with Crippen LogP contribution in [0.25, 0.3) is 0 Å². The summed E-state index contributed by atoms with van der Waals surface area (Å²) in [5.74, 6) is -0.232. The first-order chi connectivity index (χ1) is 9.10. The molecule has 0 radical (unpaired) electrons. The number of hydrogen-bond acceptors (Lipinski definition) is 4. The van der Waals surface area contributed by atoms with Crippen LogP contribution < -0.4 is 10.6 Å². The lowest BCUT2D eigenvalue weighted by molar-refractivity contribution is 0.0602. The van der Waals surface area contributed by atoms with E-state index in [0.29, 0.717) is 17.6 Å². The number of anilines is 2. The molecule has 1 aliphatic carbocycles. The summed E-state index contributed by atoms with van der Waals surface area (Å²) in [5.41, 5.74) is 6.52. The predicted octanol–water partition coefficient (Wildman–Crippen LogP) is 2.18. The number of halogens is 1. The Morgan fingerprint density at radius 1 is 1.47 bits per heavy atom. The highest BCUT2D eigenvalue weighted by atomic mass is 19.1. The second kappa shape index (κ2) is 4.40. The van der Waals surface area contributed by atoms with Crippen LogP contribution in [0.5, 0.6) is 0 Å². The molecular weight excluding hydrogens is 247 g/mol. The van der Waals surface area contributed by atoms with Gasteiger partial charge in [0.2, 0.25) is 0 Å². The molecule has 1 saturated heterocycles. The topological polar surface area (TPSA) is 55.6 Å². The number of methoxy groups -OCH3 is 1. The van der Waals surface area contributed by atoms with Crippen molar-refractivity contribution in [2.24, 2.45) is 5.92 Å². The Hall–Kier alpha value is -1.78. The normalized spacial score (nSPS) is 24.8. The van der Waals surface area contributed by atoms with Gasteiger partial charge in [0.05, 0.1) is 18.4 Å². The second-order valence-corrected chi connectivity index (χ2v) is 5.37. The molecule has 2 bridgehead atoms. The van der Waals surface area contributed by atoms with Gasteiger partial charge >= 0.3 is 5.97 Å². The van der Waals surface area contributed by atoms with Crippen LogP contribution in [-0.2, 0) is 4.74 Å². The highest BCUT2D eigenvalue weighted by Crippen LogP contribution is 2.41. The van der Waals surface area contributed by atoms with E-state index in [-0.39, 0.29) is 17.1 Å². The summed E-state index contributed by atoms with van der Waals surface area (Å²) in [6.45, 7) is 0.867. The summed E-state index contributed by atoms with van der Waals surface area (Å²) in [7, 11) is 1.29. The fourth-order valence-corrected chi connectivity index (χ4v) is 3.30. The minimum Gasteiger partial charge on any atom is -0.465 e. The largest absolute Gasteiger partial charge is 0.465 e. The fourth-order valence-electron chi connectivity index (χ4n) is 3.30. The maximum atomic E-state index is 14.1. The zero-order valence-electron chi connectivity index (χ0n) is 10.9. The minimum absolute atomic E-state index is 0.123. The van der Waals surface area contributed by atoms with Crippen molar-refractivity contribution in [3.05, 3.63) is 23.5 Å². The van der Waals surface area contributed by atoms with Crippen LogP contribution in [-0.4, -0.2) is 25.7 Å². The van der Waals surface area contributed by atoms with E-state index in [2.05, 4.69) is 9.64 Å². The number of carbonyl (C=O) groups excluding carboxylic acids is 1. The van der Waals surface area contributed by atoms with Crippen LogP contribution in [0.3, 0.4) is 0 Å². The van der Waals surface area contributed by atoms with Gasteiger partial charge in [0.1, 0.15) is 5.82 Å². The number of ether oxygens (including phenoxy) is 1. The van der Waals surface area contributed by atoms with Crippen LogP contribution in [0.1, 0.15) is 29.6 Å². The Labute approximate surface area is 111 Å². The van der Waals surface area contributed by atoms with Gasteiger partial charge in [-0.3, -0.25) is 0 Å². The van der Waals surface area contributed by atoms with Gasteiger partial charge in [-0.15, -0.1) is 0 Å². The number of nitrogens with zero attached hydrogens (tertiary/aromatic N) is 1. The van der Waals surface area contributed by atoms with Crippen LogP contribution >= 0.6 is 0 Å². The van der Waals surface area contributed by atoms with Gasteiger partial charge in [0, 0.05) is 18.3 Å². The van der Waals surface area contributed by atoms with Crippen LogP contribution in [0.4, 0.5) is 15.8 Å². The number of nitrogens with two attached hydrogens (primary N) is 1. The van der Waals surface area contributed by atoms with Gasteiger partial charge in [-0.2, -0.15) is 0 Å². The lowest BCUT2D eigenvalue weighted by Crippen LogP contribution is -2.32. The molecule has 102 valence electrons. The first-order valence-electron chi connectivity index (χ1n) is 6.54. The molecule has 2 atom stereocenters. The van der Waals surface area contributed by atoms with Gasteiger partial charge in [0.15, 0.2) is 0 Å². The Bertz CT molecular complexity index is 532. The van der Waals surface area contributed by atoms with E-state index in [1.165, 1.54) is 25.7 Å². The lowest BCUT2D eigenvalue weighted by atomic mass is 10.1. The zero-order valence-corrected chi connectivity index (χ0v) is 10.9. The number of hydrogen-bond donors (Lipinski definition) is 1. The number of benzene rings is 1. The standard InChI is InChI=1S/C14H17FN2O2/c1-19-14(18)10-5-13(11(15)6-12(10)16)17-7-8-2-3-9(17)4-8/h5-6,8-9H,2-4,7,16H2,1H3. The molecule has 0 aromatic heterocycles. The molecule has 1 heterocycles. The molecule has 5 heteroatoms. The van der Waals surface area contributed by atoms with Crippen molar-refractivity contribution in [2.75, 3.05) is 24.3 Å². The highest BCUT2D eigenvalue weighted by molar-refractivity contribution is 5.96. The highest BCUT2D eigenvalue weighted by Gasteiger charge is 2.39. The Kier molecular flexibility index (Phi) is 2.84. The number of carbonyl (C=O) groups is 1. The minimum atomic E-state index is -0.525. The molecule has 1 aromatic rings. The van der Waals surface area contributed by atoms with E-state index in [4.69, 9.17) is 5.73 Å². The number of piperidine rings is 1. The molecule has 3 rings (SSSR count). The predicted molar refractivity (Wildman–Crippen MR) is 70.6 cm³/mol. The van der Waals surface area contributed by atoms with Crippen LogP contribution in [0.15, 0.2) is 12.1 Å². The molecule has 0 amide bonds. The third-order valence-electron chi connectivity index (χ3n) is 4.24. The van der Waals surface area contributed by atoms with E-state index < -0.39 is 5.97 Å². The van der Waals surface area contributed by atoms with E-state index in [1.54, 1.807) is 0 Å². The van der Waals surface area contributed by atoms with E-state index in [1.807, 2.05) is 0 Å². The van der Waals surface area contributed by atoms with Crippen molar-refractivity contribution in [1.29, 1.82) is 0 Å². The summed E-state index contributed by atoms with van der Waals surface area (Å²) < 4.78 is 18.8. The first-order valence-corrected chi connectivity index (χ1v) is 6.54. The Balaban J connectivity index is 1.99. The first kappa shape index (κ1) is 12.3. The smallest absolute Gasteiger partial charge is 0.340 e. The van der Waals surface area contributed by atoms with Crippen LogP contribution in [0, 0.1) is 11.7 Å². The maximum absolute atomic E-state index is 14.1. The van der Waals surface area contributed by atoms with E-state index in [9.17, 15) is 9.18 Å². The molecule has 19 heavy (non-hydrogen) atoms. The average Bonchev–Trinajstić information content (AvgIpc) is 3.00. The molecule has 0 spiro atoms. The summed E-state index contributed by atoms with van der Waals surface area (Å²) >= 11 is 0. The molecular formula is C14H17FN2O2. The molecule has 4 nitrogen and oxygen atoms in total. The van der Waals surface area contributed by atoms with Gasteiger partial charge in [-0.1, -0.05) is 0 Å². The summed E-state index contributed by atoms with van der Waals surface area (Å²) in [6, 6.07) is 3.14. The molecule has 1 aromatic carbocycles. The van der Waals surface area contributed by atoms with Gasteiger partial charge in [0.25, 0.3) is 0 Å². The third-order valence-corrected chi connectivity index (χ3v) is 4.24. The van der Waals surface area contributed by atoms with Crippen LogP contribution in [0.2, 0.25) is 0 Å². The Morgan fingerprint density at radius 2 is 2.26 bits per heavy atom. The van der Waals surface area contributed by atoms with Gasteiger partial charge < -0.3 is 15.4 Å². The van der Waals surface area contributed by atoms with Crippen molar-refractivity contribution in [3.8, 4) is 0 Å². The molecule has 1 aliphatic heterocycles. The third kappa shape index (κ3) is 1.93. The monoisotopic (exact) mass is 264 g/mol. The summed E-state index contributed by atoms with van der Waals surface area (Å²) in [4.78, 5) is 13.7. The number of esters is 1. The van der Waals surface area contributed by atoms with Crippen molar-refractivity contribution in [3.63, 3.8) is 0 Å². The quantitative estimate of drug-likeness (QED) is 0.657. The number of nitrogen functional groups attached to an aromatic ring is 1. The Morgan fingerprint density at radius 3 is 2.84 bits per heavy atom. The molecule has 2 N–H and O–H groups in total. The molecule has 2 unspecified atom stereocenters. The molecule has 2 fully saturated rings. The molecule has 2 aliphatic rings. The fraction of sp³-hybridized carbons (Fsp3) is 0.500. The van der Waals surface area contributed by atoms with Crippen molar-refractivity contribution >= 4 is 17.3 Å². The van der Waals surface area contributed by atoms with Crippen molar-refractivity contribution < 1.29 is 13.9 Å².